The molecule has 12 heteroatoms. The molecule has 1 unspecified atom stereocenters. The van der Waals surface area contributed by atoms with Gasteiger partial charge in [0.2, 0.25) is 5.95 Å². The van der Waals surface area contributed by atoms with Gasteiger partial charge >= 0.3 is 0 Å². The fraction of sp³-hybridized carbons (Fsp3) is 0.483. The summed E-state index contributed by atoms with van der Waals surface area (Å²) in [4.78, 5) is 31.3. The highest BCUT2D eigenvalue weighted by Crippen LogP contribution is 2.29. The van der Waals surface area contributed by atoms with Crippen LogP contribution in [0.4, 0.5) is 11.8 Å². The molecule has 1 amide bonds. The summed E-state index contributed by atoms with van der Waals surface area (Å²) in [6, 6.07) is 7.65. The number of nitrogens with zero attached hydrogens (tertiary/aromatic N) is 7. The molecule has 1 atom stereocenters. The molecule has 0 saturated carbocycles. The number of aliphatic hydroxyl groups excluding tert-OH is 2. The number of nitrogen functional groups attached to an aromatic ring is 1. The number of benzene rings is 1. The van der Waals surface area contributed by atoms with Crippen molar-refractivity contribution in [1.82, 2.24) is 34.5 Å². The molecule has 4 heterocycles. The van der Waals surface area contributed by atoms with E-state index >= 15 is 0 Å². The van der Waals surface area contributed by atoms with Crippen molar-refractivity contribution >= 4 is 39.6 Å². The predicted octanol–water partition coefficient (Wildman–Crippen LogP) is 2.03. The first-order valence-electron chi connectivity index (χ1n) is 14.3. The number of β-amino-alcohol motifs (C(OH)–C–C–N with tert-alkyl or cyclic N) is 1. The van der Waals surface area contributed by atoms with Crippen molar-refractivity contribution in [2.45, 2.75) is 45.7 Å². The molecular formula is C29H39N9O3. The van der Waals surface area contributed by atoms with E-state index in [1.807, 2.05) is 40.8 Å². The third kappa shape index (κ3) is 6.09. The molecule has 4 aromatic rings. The van der Waals surface area contributed by atoms with Gasteiger partial charge in [-0.25, -0.2) is 4.98 Å². The fourth-order valence-corrected chi connectivity index (χ4v) is 5.64. The van der Waals surface area contributed by atoms with Gasteiger partial charge in [-0.2, -0.15) is 10.1 Å². The van der Waals surface area contributed by atoms with E-state index in [9.17, 15) is 15.0 Å². The Morgan fingerprint density at radius 2 is 1.88 bits per heavy atom. The lowest BCUT2D eigenvalue weighted by molar-refractivity contribution is 0.0617. The largest absolute Gasteiger partial charge is 0.396 e. The lowest BCUT2D eigenvalue weighted by Crippen LogP contribution is -2.49. The Bertz CT molecular complexity index is 1510. The number of rotatable bonds is 11. The van der Waals surface area contributed by atoms with Crippen LogP contribution in [0.1, 0.15) is 47.8 Å². The van der Waals surface area contributed by atoms with E-state index in [0.717, 1.165) is 53.6 Å². The van der Waals surface area contributed by atoms with E-state index in [4.69, 9.17) is 10.8 Å². The molecule has 5 rings (SSSR count). The summed E-state index contributed by atoms with van der Waals surface area (Å²) in [5.74, 6) is 0.735. The Morgan fingerprint density at radius 1 is 1.07 bits per heavy atom. The quantitative estimate of drug-likeness (QED) is 0.213. The number of nitrogens with one attached hydrogen (secondary N) is 1. The molecule has 12 nitrogen and oxygen atoms in total. The smallest absolute Gasteiger partial charge is 0.254 e. The first-order valence-corrected chi connectivity index (χ1v) is 14.3. The van der Waals surface area contributed by atoms with Crippen LogP contribution in [-0.4, -0.2) is 103 Å². The summed E-state index contributed by atoms with van der Waals surface area (Å²) in [6.45, 7) is 7.94. The minimum Gasteiger partial charge on any atom is -0.396 e. The van der Waals surface area contributed by atoms with Crippen LogP contribution in [-0.2, 0) is 6.54 Å². The molecule has 1 saturated heterocycles. The highest BCUT2D eigenvalue weighted by atomic mass is 16.3. The van der Waals surface area contributed by atoms with Crippen molar-refractivity contribution < 1.29 is 15.0 Å². The third-order valence-corrected chi connectivity index (χ3v) is 7.71. The fourth-order valence-electron chi connectivity index (χ4n) is 5.64. The minimum absolute atomic E-state index is 0.0141. The maximum atomic E-state index is 13.6. The highest BCUT2D eigenvalue weighted by molar-refractivity contribution is 6.07. The second kappa shape index (κ2) is 12.8. The SMILES string of the molecule is CCCC(CCO)Nc1nc(N)nc2c(C)nn(Cc3ccc(C(=O)N4CCN(CCO)CC4)c4cccnc34)c12. The molecule has 0 radical (unpaired) electrons. The highest BCUT2D eigenvalue weighted by Gasteiger charge is 2.25. The predicted molar refractivity (Wildman–Crippen MR) is 159 cm³/mol. The van der Waals surface area contributed by atoms with Gasteiger partial charge in [0, 0.05) is 62.5 Å². The molecule has 0 bridgehead atoms. The average molecular weight is 562 g/mol. The van der Waals surface area contributed by atoms with Crippen molar-refractivity contribution in [2.75, 3.05) is 57.0 Å². The number of hydrogen-bond donors (Lipinski definition) is 4. The van der Waals surface area contributed by atoms with Crippen LogP contribution in [0.15, 0.2) is 30.5 Å². The van der Waals surface area contributed by atoms with Gasteiger partial charge < -0.3 is 26.2 Å². The number of carbonyl (C=O) groups is 1. The van der Waals surface area contributed by atoms with E-state index in [0.29, 0.717) is 49.5 Å². The van der Waals surface area contributed by atoms with Gasteiger partial charge in [-0.05, 0) is 37.5 Å². The molecule has 1 aromatic carbocycles. The number of anilines is 2. The van der Waals surface area contributed by atoms with Gasteiger partial charge in [-0.1, -0.05) is 25.5 Å². The maximum Gasteiger partial charge on any atom is 0.254 e. The average Bonchev–Trinajstić information content (AvgIpc) is 3.28. The van der Waals surface area contributed by atoms with E-state index in [2.05, 4.69) is 32.1 Å². The van der Waals surface area contributed by atoms with Gasteiger partial charge in [0.25, 0.3) is 5.91 Å². The van der Waals surface area contributed by atoms with Crippen LogP contribution < -0.4 is 11.1 Å². The second-order valence-electron chi connectivity index (χ2n) is 10.5. The minimum atomic E-state index is -0.0141. The van der Waals surface area contributed by atoms with Crippen molar-refractivity contribution in [2.24, 2.45) is 0 Å². The Morgan fingerprint density at radius 3 is 2.61 bits per heavy atom. The molecule has 1 aliphatic heterocycles. The van der Waals surface area contributed by atoms with Gasteiger partial charge in [-0.15, -0.1) is 0 Å². The third-order valence-electron chi connectivity index (χ3n) is 7.71. The standard InChI is InChI=1S/C29H39N9O3/c1-3-5-21(9-16-39)32-27-26-24(33-29(30)34-27)19(2)35-38(26)18-20-7-8-23(22-6-4-10-31-25(20)22)28(41)37-13-11-36(12-14-37)15-17-40/h4,6-8,10,21,39-40H,3,5,9,11-18H2,1-2H3,(H3,30,32,33,34). The first-order chi connectivity index (χ1) is 19.9. The summed E-state index contributed by atoms with van der Waals surface area (Å²) in [7, 11) is 0. The van der Waals surface area contributed by atoms with Gasteiger partial charge in [0.05, 0.1) is 24.4 Å². The zero-order chi connectivity index (χ0) is 28.9. The number of aryl methyl sites for hydroxylation is 1. The lowest BCUT2D eigenvalue weighted by atomic mass is 10.0. The monoisotopic (exact) mass is 561 g/mol. The summed E-state index contributed by atoms with van der Waals surface area (Å²) in [6.07, 6.45) is 4.16. The number of fused-ring (bicyclic) bond motifs is 2. The summed E-state index contributed by atoms with van der Waals surface area (Å²) in [5.41, 5.74) is 10.5. The first kappa shape index (κ1) is 28.7. The van der Waals surface area contributed by atoms with Crippen LogP contribution in [0.25, 0.3) is 21.9 Å². The van der Waals surface area contributed by atoms with Gasteiger partial charge in [0.1, 0.15) is 11.0 Å². The molecule has 0 aliphatic carbocycles. The number of piperazine rings is 1. The molecular weight excluding hydrogens is 522 g/mol. The van der Waals surface area contributed by atoms with Gasteiger partial charge in [0.15, 0.2) is 5.82 Å². The summed E-state index contributed by atoms with van der Waals surface area (Å²) in [5, 5.41) is 27.9. The van der Waals surface area contributed by atoms with Crippen LogP contribution in [0.5, 0.6) is 0 Å². The Kier molecular flexibility index (Phi) is 8.91. The Hall–Kier alpha value is -3.87. The maximum absolute atomic E-state index is 13.6. The van der Waals surface area contributed by atoms with Crippen molar-refractivity contribution in [3.8, 4) is 0 Å². The molecule has 41 heavy (non-hydrogen) atoms. The molecule has 1 fully saturated rings. The topological polar surface area (TPSA) is 159 Å². The molecule has 1 aliphatic rings. The molecule has 3 aromatic heterocycles. The number of carbonyl (C=O) groups excluding carboxylic acids is 1. The summed E-state index contributed by atoms with van der Waals surface area (Å²) < 4.78 is 1.86. The van der Waals surface area contributed by atoms with E-state index < -0.39 is 0 Å². The zero-order valence-electron chi connectivity index (χ0n) is 23.8. The number of pyridine rings is 1. The lowest BCUT2D eigenvalue weighted by Gasteiger charge is -2.34. The Labute approximate surface area is 239 Å². The number of amides is 1. The van der Waals surface area contributed by atoms with Gasteiger partial charge in [-0.3, -0.25) is 19.4 Å². The van der Waals surface area contributed by atoms with Crippen molar-refractivity contribution in [3.63, 3.8) is 0 Å². The number of nitrogens with two attached hydrogens (primary N) is 1. The number of hydrogen-bond acceptors (Lipinski definition) is 10. The molecule has 218 valence electrons. The van der Waals surface area contributed by atoms with Crippen LogP contribution in [0.3, 0.4) is 0 Å². The van der Waals surface area contributed by atoms with E-state index in [-0.39, 0.29) is 31.1 Å². The van der Waals surface area contributed by atoms with Crippen LogP contribution in [0.2, 0.25) is 0 Å². The zero-order valence-corrected chi connectivity index (χ0v) is 23.8. The normalized spacial score (nSPS) is 15.1. The Balaban J connectivity index is 1.49. The van der Waals surface area contributed by atoms with Crippen molar-refractivity contribution in [1.29, 1.82) is 0 Å². The van der Waals surface area contributed by atoms with E-state index in [1.54, 1.807) is 6.20 Å². The number of aliphatic hydroxyl groups is 2. The van der Waals surface area contributed by atoms with Crippen LogP contribution in [0, 0.1) is 6.92 Å². The molecule has 0 spiro atoms. The molecule has 5 N–H and O–H groups in total. The van der Waals surface area contributed by atoms with E-state index in [1.165, 1.54) is 0 Å². The number of aromatic nitrogens is 5. The second-order valence-corrected chi connectivity index (χ2v) is 10.5. The van der Waals surface area contributed by atoms with Crippen LogP contribution >= 0.6 is 0 Å². The van der Waals surface area contributed by atoms with Crippen molar-refractivity contribution in [3.05, 3.63) is 47.3 Å². The summed E-state index contributed by atoms with van der Waals surface area (Å²) >= 11 is 0.